The van der Waals surface area contributed by atoms with Crippen LogP contribution in [0.5, 0.6) is 0 Å². The summed E-state index contributed by atoms with van der Waals surface area (Å²) in [6.45, 7) is 7.05. The number of rotatable bonds is 10. The van der Waals surface area contributed by atoms with E-state index in [1.165, 1.54) is 0 Å². The molecule has 1 aromatic heterocycles. The predicted molar refractivity (Wildman–Crippen MR) is 144 cm³/mol. The minimum atomic E-state index is -1.43. The zero-order chi connectivity index (χ0) is 24.7. The van der Waals surface area contributed by atoms with Gasteiger partial charge in [-0.3, -0.25) is 9.59 Å². The van der Waals surface area contributed by atoms with E-state index in [-0.39, 0.29) is 24.3 Å². The smallest absolute Gasteiger partial charge is 0.255 e. The van der Waals surface area contributed by atoms with Gasteiger partial charge in [0.15, 0.2) is 0 Å². The van der Waals surface area contributed by atoms with Crippen LogP contribution in [0.15, 0.2) is 60.0 Å². The van der Waals surface area contributed by atoms with E-state index >= 15 is 0 Å². The third kappa shape index (κ3) is 7.28. The summed E-state index contributed by atoms with van der Waals surface area (Å²) in [7, 11) is -1.43. The fourth-order valence-electron chi connectivity index (χ4n) is 3.78. The van der Waals surface area contributed by atoms with Gasteiger partial charge in [0.2, 0.25) is 5.91 Å². The lowest BCUT2D eigenvalue weighted by Crippen LogP contribution is -2.35. The average Bonchev–Trinajstić information content (AvgIpc) is 3.33. The SMILES string of the molecule is C[Si](C)(C)CC(CCO)C(=O)NCc1ccc(C(=O)Nc2cc(-c3cccs3)ccc2N)cc1. The molecule has 0 radical (unpaired) electrons. The number of hydrogen-bond acceptors (Lipinski definition) is 5. The molecule has 0 fully saturated rings. The number of benzene rings is 2. The number of aliphatic hydroxyl groups is 1. The molecule has 0 aliphatic carbocycles. The van der Waals surface area contributed by atoms with Gasteiger partial charge in [0.25, 0.3) is 5.91 Å². The second-order valence-electron chi connectivity index (χ2n) is 9.62. The molecule has 8 heteroatoms. The first-order valence-corrected chi connectivity index (χ1v) is 16.0. The van der Waals surface area contributed by atoms with Gasteiger partial charge in [-0.1, -0.05) is 43.9 Å². The summed E-state index contributed by atoms with van der Waals surface area (Å²) in [6, 6.07) is 17.6. The van der Waals surface area contributed by atoms with Gasteiger partial charge >= 0.3 is 0 Å². The Bertz CT molecular complexity index is 1110. The van der Waals surface area contributed by atoms with Crippen molar-refractivity contribution >= 4 is 42.6 Å². The van der Waals surface area contributed by atoms with Crippen LogP contribution in [0.2, 0.25) is 25.7 Å². The topological polar surface area (TPSA) is 104 Å². The van der Waals surface area contributed by atoms with Gasteiger partial charge < -0.3 is 21.5 Å². The standard InChI is InChI=1S/C26H33N3O3SSi/c1-34(2,3)17-21(12-13-30)25(31)28-16-18-6-8-19(9-7-18)26(32)29-23-15-20(10-11-22(23)27)24-5-4-14-33-24/h4-11,14-15,21,30H,12-13,16-17,27H2,1-3H3,(H,28,31)(H,29,32). The zero-order valence-corrected chi connectivity index (χ0v) is 21.7. The molecule has 6 nitrogen and oxygen atoms in total. The monoisotopic (exact) mass is 495 g/mol. The molecule has 0 aliphatic rings. The highest BCUT2D eigenvalue weighted by molar-refractivity contribution is 7.13. The molecule has 0 bridgehead atoms. The Labute approximate surface area is 206 Å². The summed E-state index contributed by atoms with van der Waals surface area (Å²) in [5, 5.41) is 17.2. The second kappa shape index (κ2) is 11.5. The quantitative estimate of drug-likeness (QED) is 0.229. The summed E-state index contributed by atoms with van der Waals surface area (Å²) < 4.78 is 0. The molecule has 34 heavy (non-hydrogen) atoms. The Balaban J connectivity index is 1.60. The van der Waals surface area contributed by atoms with Crippen molar-refractivity contribution in [2.24, 2.45) is 5.92 Å². The van der Waals surface area contributed by atoms with Crippen LogP contribution < -0.4 is 16.4 Å². The molecule has 1 heterocycles. The summed E-state index contributed by atoms with van der Waals surface area (Å²) in [6.07, 6.45) is 0.478. The Morgan fingerprint density at radius 1 is 1.09 bits per heavy atom. The maximum absolute atomic E-state index is 12.8. The van der Waals surface area contributed by atoms with Gasteiger partial charge in [-0.05, 0) is 59.3 Å². The summed E-state index contributed by atoms with van der Waals surface area (Å²) in [5.41, 5.74) is 9.57. The summed E-state index contributed by atoms with van der Waals surface area (Å²) in [4.78, 5) is 26.5. The van der Waals surface area contributed by atoms with Gasteiger partial charge in [0.1, 0.15) is 0 Å². The van der Waals surface area contributed by atoms with Crippen molar-refractivity contribution in [3.05, 3.63) is 71.1 Å². The molecular weight excluding hydrogens is 462 g/mol. The molecule has 5 N–H and O–H groups in total. The average molecular weight is 496 g/mol. The van der Waals surface area contributed by atoms with Gasteiger partial charge in [-0.25, -0.2) is 0 Å². The Kier molecular flexibility index (Phi) is 8.65. The summed E-state index contributed by atoms with van der Waals surface area (Å²) >= 11 is 1.63. The maximum atomic E-state index is 12.8. The number of nitrogens with one attached hydrogen (secondary N) is 2. The molecule has 3 rings (SSSR count). The first-order chi connectivity index (χ1) is 16.2. The van der Waals surface area contributed by atoms with E-state index in [1.54, 1.807) is 29.5 Å². The predicted octanol–water partition coefficient (Wildman–Crippen LogP) is 5.20. The number of carbonyl (C=O) groups is 2. The second-order valence-corrected chi connectivity index (χ2v) is 16.1. The molecule has 0 saturated carbocycles. The van der Waals surface area contributed by atoms with E-state index in [9.17, 15) is 14.7 Å². The van der Waals surface area contributed by atoms with Crippen LogP contribution in [-0.4, -0.2) is 31.6 Å². The van der Waals surface area contributed by atoms with Crippen LogP contribution in [0.25, 0.3) is 10.4 Å². The van der Waals surface area contributed by atoms with Gasteiger partial charge in [0, 0.05) is 37.6 Å². The lowest BCUT2D eigenvalue weighted by atomic mass is 10.1. The van der Waals surface area contributed by atoms with Crippen LogP contribution in [0, 0.1) is 5.92 Å². The van der Waals surface area contributed by atoms with Gasteiger partial charge in [-0.15, -0.1) is 11.3 Å². The van der Waals surface area contributed by atoms with Crippen molar-refractivity contribution in [3.8, 4) is 10.4 Å². The van der Waals surface area contributed by atoms with E-state index in [2.05, 4.69) is 30.3 Å². The first kappa shape index (κ1) is 25.7. The van der Waals surface area contributed by atoms with Crippen molar-refractivity contribution in [3.63, 3.8) is 0 Å². The third-order valence-corrected chi connectivity index (χ3v) is 8.13. The molecule has 0 aliphatic heterocycles. The molecule has 2 aromatic carbocycles. The maximum Gasteiger partial charge on any atom is 0.255 e. The van der Waals surface area contributed by atoms with Crippen molar-refractivity contribution < 1.29 is 14.7 Å². The lowest BCUT2D eigenvalue weighted by Gasteiger charge is -2.23. The number of hydrogen-bond donors (Lipinski definition) is 4. The number of carbonyl (C=O) groups excluding carboxylic acids is 2. The molecule has 3 aromatic rings. The Morgan fingerprint density at radius 2 is 1.82 bits per heavy atom. The van der Waals surface area contributed by atoms with Gasteiger partial charge in [0.05, 0.1) is 11.4 Å². The fraction of sp³-hybridized carbons (Fsp3) is 0.308. The number of anilines is 2. The van der Waals surface area contributed by atoms with Crippen LogP contribution in [-0.2, 0) is 11.3 Å². The first-order valence-electron chi connectivity index (χ1n) is 11.4. The lowest BCUT2D eigenvalue weighted by molar-refractivity contribution is -0.125. The highest BCUT2D eigenvalue weighted by Gasteiger charge is 2.25. The molecule has 0 saturated heterocycles. The Morgan fingerprint density at radius 3 is 2.44 bits per heavy atom. The van der Waals surface area contributed by atoms with E-state index in [4.69, 9.17) is 5.73 Å². The molecule has 180 valence electrons. The van der Waals surface area contributed by atoms with E-state index in [0.717, 1.165) is 22.0 Å². The number of amides is 2. The largest absolute Gasteiger partial charge is 0.397 e. The van der Waals surface area contributed by atoms with Crippen LogP contribution in [0.4, 0.5) is 11.4 Å². The summed E-state index contributed by atoms with van der Waals surface area (Å²) in [5.74, 6) is -0.444. The highest BCUT2D eigenvalue weighted by atomic mass is 32.1. The minimum absolute atomic E-state index is 0.00707. The molecule has 1 atom stereocenters. The van der Waals surface area contributed by atoms with E-state index < -0.39 is 8.07 Å². The molecule has 2 amide bonds. The van der Waals surface area contributed by atoms with Crippen LogP contribution >= 0.6 is 11.3 Å². The number of nitrogens with two attached hydrogens (primary N) is 1. The minimum Gasteiger partial charge on any atom is -0.397 e. The normalized spacial score (nSPS) is 12.2. The third-order valence-electron chi connectivity index (χ3n) is 5.50. The molecule has 1 unspecified atom stereocenters. The van der Waals surface area contributed by atoms with Crippen LogP contribution in [0.3, 0.4) is 0 Å². The van der Waals surface area contributed by atoms with E-state index in [0.29, 0.717) is 29.9 Å². The Hall–Kier alpha value is -2.94. The van der Waals surface area contributed by atoms with Crippen molar-refractivity contribution in [1.29, 1.82) is 0 Å². The fourth-order valence-corrected chi connectivity index (χ4v) is 6.38. The number of thiophene rings is 1. The highest BCUT2D eigenvalue weighted by Crippen LogP contribution is 2.30. The van der Waals surface area contributed by atoms with Crippen molar-refractivity contribution in [2.75, 3.05) is 17.7 Å². The van der Waals surface area contributed by atoms with Crippen LogP contribution in [0.1, 0.15) is 22.3 Å². The van der Waals surface area contributed by atoms with Gasteiger partial charge in [-0.2, -0.15) is 0 Å². The van der Waals surface area contributed by atoms with E-state index in [1.807, 2.05) is 41.8 Å². The zero-order valence-electron chi connectivity index (χ0n) is 19.9. The number of aliphatic hydroxyl groups excluding tert-OH is 1. The molecular formula is C26H33N3O3SSi. The molecule has 0 spiro atoms. The van der Waals surface area contributed by atoms with Crippen molar-refractivity contribution in [2.45, 2.75) is 38.7 Å². The van der Waals surface area contributed by atoms with Crippen molar-refractivity contribution in [1.82, 2.24) is 5.32 Å². The number of nitrogen functional groups attached to an aromatic ring is 1.